The van der Waals surface area contributed by atoms with Crippen molar-refractivity contribution in [3.05, 3.63) is 35.4 Å². The Morgan fingerprint density at radius 3 is 2.81 bits per heavy atom. The maximum atomic E-state index is 11.8. The highest BCUT2D eigenvalue weighted by atomic mass is 16.5. The topological polar surface area (TPSA) is 99.4 Å². The van der Waals surface area contributed by atoms with Crippen LogP contribution in [0.2, 0.25) is 0 Å². The van der Waals surface area contributed by atoms with Crippen molar-refractivity contribution in [1.82, 2.24) is 5.32 Å². The lowest BCUT2D eigenvalue weighted by Gasteiger charge is -2.08. The van der Waals surface area contributed by atoms with Crippen molar-refractivity contribution in [2.75, 3.05) is 6.61 Å². The maximum Gasteiger partial charge on any atom is 0.325 e. The molecule has 0 aromatic heterocycles. The Morgan fingerprint density at radius 2 is 2.24 bits per heavy atom. The molecular weight excluding hydrogens is 272 g/mol. The van der Waals surface area contributed by atoms with Gasteiger partial charge in [-0.1, -0.05) is 12.1 Å². The molecule has 1 unspecified atom stereocenters. The first kappa shape index (κ1) is 16.2. The second kappa shape index (κ2) is 7.70. The summed E-state index contributed by atoms with van der Waals surface area (Å²) in [6, 6.07) is 7.60. The number of ether oxygens (including phenoxy) is 1. The van der Waals surface area contributed by atoms with E-state index in [4.69, 9.17) is 15.1 Å². The smallest absolute Gasteiger partial charge is 0.325 e. The standard InChI is InChI=1S/C15H16N2O4/c1-3-21-13-6-4-5-11(8-13)7-12(9-16)14(18)17-10(2)15(19)20/h4-8,10H,3H2,1-2H3,(H,17,18)(H,19,20)/b12-7+. The second-order valence-corrected chi connectivity index (χ2v) is 4.21. The Hall–Kier alpha value is -2.81. The number of amides is 1. The van der Waals surface area contributed by atoms with Gasteiger partial charge in [-0.2, -0.15) is 5.26 Å². The van der Waals surface area contributed by atoms with Crippen LogP contribution in [-0.4, -0.2) is 29.6 Å². The maximum absolute atomic E-state index is 11.8. The number of carbonyl (C=O) groups excluding carboxylic acids is 1. The highest BCUT2D eigenvalue weighted by molar-refractivity contribution is 6.03. The zero-order valence-corrected chi connectivity index (χ0v) is 11.8. The van der Waals surface area contributed by atoms with Crippen molar-refractivity contribution < 1.29 is 19.4 Å². The molecular formula is C15H16N2O4. The summed E-state index contributed by atoms with van der Waals surface area (Å²) in [5, 5.41) is 20.0. The predicted molar refractivity (Wildman–Crippen MR) is 76.4 cm³/mol. The van der Waals surface area contributed by atoms with Gasteiger partial charge in [-0.15, -0.1) is 0 Å². The number of aliphatic carboxylic acids is 1. The van der Waals surface area contributed by atoms with Gasteiger partial charge in [0, 0.05) is 0 Å². The molecule has 2 N–H and O–H groups in total. The summed E-state index contributed by atoms with van der Waals surface area (Å²) in [5.74, 6) is -1.27. The van der Waals surface area contributed by atoms with E-state index in [1.165, 1.54) is 13.0 Å². The number of nitrogens with one attached hydrogen (secondary N) is 1. The Balaban J connectivity index is 2.93. The number of hydrogen-bond acceptors (Lipinski definition) is 4. The first-order valence-electron chi connectivity index (χ1n) is 6.36. The molecule has 0 heterocycles. The van der Waals surface area contributed by atoms with Gasteiger partial charge < -0.3 is 15.2 Å². The molecule has 0 radical (unpaired) electrons. The molecule has 0 fully saturated rings. The molecule has 1 rings (SSSR count). The minimum atomic E-state index is -1.17. The summed E-state index contributed by atoms with van der Waals surface area (Å²) in [6.07, 6.45) is 1.38. The molecule has 0 saturated heterocycles. The molecule has 0 spiro atoms. The zero-order chi connectivity index (χ0) is 15.8. The lowest BCUT2D eigenvalue weighted by Crippen LogP contribution is -2.38. The number of carbonyl (C=O) groups is 2. The van der Waals surface area contributed by atoms with E-state index in [0.29, 0.717) is 17.9 Å². The van der Waals surface area contributed by atoms with Gasteiger partial charge in [0.15, 0.2) is 0 Å². The number of benzene rings is 1. The first-order valence-corrected chi connectivity index (χ1v) is 6.36. The van der Waals surface area contributed by atoms with Crippen LogP contribution in [0.4, 0.5) is 0 Å². The normalized spacial score (nSPS) is 12.1. The number of nitrogens with zero attached hydrogens (tertiary/aromatic N) is 1. The van der Waals surface area contributed by atoms with Crippen LogP contribution in [0.5, 0.6) is 5.75 Å². The third-order valence-electron chi connectivity index (χ3n) is 2.56. The van der Waals surface area contributed by atoms with Gasteiger partial charge in [-0.05, 0) is 37.6 Å². The van der Waals surface area contributed by atoms with E-state index in [1.807, 2.05) is 6.92 Å². The van der Waals surface area contributed by atoms with Crippen molar-refractivity contribution in [2.45, 2.75) is 19.9 Å². The Kier molecular flexibility index (Phi) is 5.96. The van der Waals surface area contributed by atoms with E-state index in [2.05, 4.69) is 5.32 Å². The fraction of sp³-hybridized carbons (Fsp3) is 0.267. The van der Waals surface area contributed by atoms with Crippen LogP contribution in [-0.2, 0) is 9.59 Å². The van der Waals surface area contributed by atoms with Gasteiger partial charge >= 0.3 is 5.97 Å². The molecule has 21 heavy (non-hydrogen) atoms. The predicted octanol–water partition coefficient (Wildman–Crippen LogP) is 1.58. The van der Waals surface area contributed by atoms with Crippen molar-refractivity contribution in [3.63, 3.8) is 0 Å². The molecule has 6 heteroatoms. The van der Waals surface area contributed by atoms with Crippen molar-refractivity contribution in [3.8, 4) is 11.8 Å². The zero-order valence-electron chi connectivity index (χ0n) is 11.8. The summed E-state index contributed by atoms with van der Waals surface area (Å²) in [6.45, 7) is 3.68. The number of hydrogen-bond donors (Lipinski definition) is 2. The minimum absolute atomic E-state index is 0.170. The van der Waals surface area contributed by atoms with Crippen LogP contribution < -0.4 is 10.1 Å². The molecule has 1 aromatic rings. The summed E-state index contributed by atoms with van der Waals surface area (Å²) >= 11 is 0. The average Bonchev–Trinajstić information content (AvgIpc) is 2.45. The Morgan fingerprint density at radius 1 is 1.52 bits per heavy atom. The molecule has 0 bridgehead atoms. The van der Waals surface area contributed by atoms with Gasteiger partial charge in [0.25, 0.3) is 5.91 Å². The van der Waals surface area contributed by atoms with Crippen molar-refractivity contribution in [2.24, 2.45) is 0 Å². The highest BCUT2D eigenvalue weighted by Crippen LogP contribution is 2.16. The summed E-state index contributed by atoms with van der Waals surface area (Å²) < 4.78 is 5.33. The van der Waals surface area contributed by atoms with Crippen LogP contribution in [0.15, 0.2) is 29.8 Å². The number of rotatable bonds is 6. The van der Waals surface area contributed by atoms with Crippen molar-refractivity contribution >= 4 is 18.0 Å². The molecule has 110 valence electrons. The van der Waals surface area contributed by atoms with Crippen LogP contribution >= 0.6 is 0 Å². The van der Waals surface area contributed by atoms with Gasteiger partial charge in [-0.3, -0.25) is 9.59 Å². The van der Waals surface area contributed by atoms with Crippen LogP contribution in [0.1, 0.15) is 19.4 Å². The minimum Gasteiger partial charge on any atom is -0.494 e. The molecule has 0 saturated carbocycles. The van der Waals surface area contributed by atoms with Gasteiger partial charge in [0.2, 0.25) is 0 Å². The Bertz CT molecular complexity index is 602. The summed E-state index contributed by atoms with van der Waals surface area (Å²) in [4.78, 5) is 22.5. The number of carboxylic acids is 1. The summed E-state index contributed by atoms with van der Waals surface area (Å²) in [7, 11) is 0. The van der Waals surface area contributed by atoms with Crippen LogP contribution in [0.25, 0.3) is 6.08 Å². The van der Waals surface area contributed by atoms with E-state index < -0.39 is 17.9 Å². The third kappa shape index (κ3) is 4.99. The molecule has 0 aliphatic heterocycles. The first-order chi connectivity index (χ1) is 9.97. The number of carboxylic acid groups (broad SMARTS) is 1. The lowest BCUT2D eigenvalue weighted by atomic mass is 10.1. The average molecular weight is 288 g/mol. The largest absolute Gasteiger partial charge is 0.494 e. The monoisotopic (exact) mass is 288 g/mol. The lowest BCUT2D eigenvalue weighted by molar-refractivity contribution is -0.140. The van der Waals surface area contributed by atoms with Crippen LogP contribution in [0.3, 0.4) is 0 Å². The molecule has 6 nitrogen and oxygen atoms in total. The van der Waals surface area contributed by atoms with E-state index in [9.17, 15) is 9.59 Å². The fourth-order valence-corrected chi connectivity index (χ4v) is 1.51. The molecule has 1 atom stereocenters. The molecule has 1 amide bonds. The SMILES string of the molecule is CCOc1cccc(/C=C(\C#N)C(=O)NC(C)C(=O)O)c1. The van der Waals surface area contributed by atoms with Crippen molar-refractivity contribution in [1.29, 1.82) is 5.26 Å². The Labute approximate surface area is 122 Å². The fourth-order valence-electron chi connectivity index (χ4n) is 1.51. The van der Waals surface area contributed by atoms with E-state index in [-0.39, 0.29) is 5.57 Å². The second-order valence-electron chi connectivity index (χ2n) is 4.21. The molecule has 0 aliphatic rings. The number of nitriles is 1. The van der Waals surface area contributed by atoms with E-state index in [1.54, 1.807) is 30.3 Å². The van der Waals surface area contributed by atoms with Gasteiger partial charge in [0.1, 0.15) is 23.4 Å². The third-order valence-corrected chi connectivity index (χ3v) is 2.56. The molecule has 0 aliphatic carbocycles. The van der Waals surface area contributed by atoms with Gasteiger partial charge in [-0.25, -0.2) is 0 Å². The van der Waals surface area contributed by atoms with E-state index in [0.717, 1.165) is 0 Å². The van der Waals surface area contributed by atoms with Crippen LogP contribution in [0, 0.1) is 11.3 Å². The van der Waals surface area contributed by atoms with Gasteiger partial charge in [0.05, 0.1) is 6.61 Å². The highest BCUT2D eigenvalue weighted by Gasteiger charge is 2.17. The molecule has 1 aromatic carbocycles. The summed E-state index contributed by atoms with van der Waals surface area (Å²) in [5.41, 5.74) is 0.451. The quantitative estimate of drug-likeness (QED) is 0.611. The van der Waals surface area contributed by atoms with E-state index >= 15 is 0 Å².